The van der Waals surface area contributed by atoms with E-state index in [-0.39, 0.29) is 0 Å². The van der Waals surface area contributed by atoms with Crippen molar-refractivity contribution in [2.75, 3.05) is 0 Å². The van der Waals surface area contributed by atoms with Gasteiger partial charge in [0.05, 0.1) is 0 Å². The molecule has 2 atom stereocenters. The van der Waals surface area contributed by atoms with Crippen molar-refractivity contribution in [2.24, 2.45) is 23.2 Å². The zero-order valence-electron chi connectivity index (χ0n) is 8.65. The summed E-state index contributed by atoms with van der Waals surface area (Å²) in [7, 11) is 0. The molecule has 11 heavy (non-hydrogen) atoms. The molecule has 0 saturated heterocycles. The molecule has 0 aromatic heterocycles. The van der Waals surface area contributed by atoms with Crippen molar-refractivity contribution >= 4 is 0 Å². The first-order chi connectivity index (χ1) is 4.99. The number of hydrogen-bond acceptors (Lipinski definition) is 0. The highest BCUT2D eigenvalue weighted by Gasteiger charge is 2.43. The Morgan fingerprint density at radius 2 is 1.64 bits per heavy atom. The van der Waals surface area contributed by atoms with Gasteiger partial charge in [0.2, 0.25) is 0 Å². The quantitative estimate of drug-likeness (QED) is 0.568. The van der Waals surface area contributed by atoms with Crippen LogP contribution in [0.2, 0.25) is 0 Å². The van der Waals surface area contributed by atoms with Gasteiger partial charge in [-0.3, -0.25) is 0 Å². The summed E-state index contributed by atoms with van der Waals surface area (Å²) < 4.78 is 0. The molecule has 0 spiro atoms. The molecule has 0 aromatic carbocycles. The lowest BCUT2D eigenvalue weighted by molar-refractivity contribution is -0.0108. The molecule has 0 heterocycles. The molecule has 0 aromatic rings. The third-order valence-electron chi connectivity index (χ3n) is 3.78. The standard InChI is InChI=1S/C11H22/c1-6-11(4,5)10-8(2)7-9(10)3/h8-10H,6-7H2,1-5H3. The normalized spacial score (nSPS) is 38.5. The van der Waals surface area contributed by atoms with Crippen LogP contribution in [0, 0.1) is 23.2 Å². The molecule has 1 fully saturated rings. The summed E-state index contributed by atoms with van der Waals surface area (Å²) in [5.41, 5.74) is 0.580. The van der Waals surface area contributed by atoms with E-state index < -0.39 is 0 Å². The second-order valence-corrected chi connectivity index (χ2v) is 5.06. The molecule has 1 saturated carbocycles. The molecule has 0 bridgehead atoms. The summed E-state index contributed by atoms with van der Waals surface area (Å²) in [4.78, 5) is 0. The highest BCUT2D eigenvalue weighted by molar-refractivity contribution is 4.92. The summed E-state index contributed by atoms with van der Waals surface area (Å²) in [6.07, 6.45) is 2.78. The van der Waals surface area contributed by atoms with E-state index in [1.807, 2.05) is 0 Å². The highest BCUT2D eigenvalue weighted by atomic mass is 14.5. The minimum Gasteiger partial charge on any atom is -0.0649 e. The third kappa shape index (κ3) is 1.45. The Hall–Kier alpha value is 0. The van der Waals surface area contributed by atoms with Gasteiger partial charge in [0.25, 0.3) is 0 Å². The predicted octanol–water partition coefficient (Wildman–Crippen LogP) is 3.71. The molecule has 0 heteroatoms. The first-order valence-corrected chi connectivity index (χ1v) is 4.99. The predicted molar refractivity (Wildman–Crippen MR) is 50.5 cm³/mol. The molecular weight excluding hydrogens is 132 g/mol. The van der Waals surface area contributed by atoms with Crippen LogP contribution in [0.4, 0.5) is 0 Å². The van der Waals surface area contributed by atoms with Gasteiger partial charge < -0.3 is 0 Å². The zero-order chi connectivity index (χ0) is 8.65. The Kier molecular flexibility index (Phi) is 2.32. The van der Waals surface area contributed by atoms with E-state index in [2.05, 4.69) is 34.6 Å². The van der Waals surface area contributed by atoms with E-state index in [9.17, 15) is 0 Å². The lowest BCUT2D eigenvalue weighted by atomic mass is 9.55. The summed E-state index contributed by atoms with van der Waals surface area (Å²) in [6, 6.07) is 0. The molecule has 66 valence electrons. The molecular formula is C11H22. The minimum absolute atomic E-state index is 0.580. The second kappa shape index (κ2) is 2.80. The molecule has 0 nitrogen and oxygen atoms in total. The van der Waals surface area contributed by atoms with Crippen LogP contribution in [0.25, 0.3) is 0 Å². The van der Waals surface area contributed by atoms with Crippen LogP contribution < -0.4 is 0 Å². The Bertz CT molecular complexity index is 127. The Balaban J connectivity index is 2.58. The van der Waals surface area contributed by atoms with Crippen molar-refractivity contribution in [2.45, 2.75) is 47.5 Å². The van der Waals surface area contributed by atoms with Crippen LogP contribution in [-0.2, 0) is 0 Å². The van der Waals surface area contributed by atoms with Crippen LogP contribution in [-0.4, -0.2) is 0 Å². The van der Waals surface area contributed by atoms with E-state index in [1.165, 1.54) is 12.8 Å². The zero-order valence-corrected chi connectivity index (χ0v) is 8.65. The van der Waals surface area contributed by atoms with Crippen molar-refractivity contribution in [1.29, 1.82) is 0 Å². The van der Waals surface area contributed by atoms with Crippen molar-refractivity contribution in [1.82, 2.24) is 0 Å². The largest absolute Gasteiger partial charge is 0.0649 e. The Morgan fingerprint density at radius 3 is 1.82 bits per heavy atom. The fraction of sp³-hybridized carbons (Fsp3) is 1.00. The first kappa shape index (κ1) is 9.09. The van der Waals surface area contributed by atoms with Gasteiger partial charge >= 0.3 is 0 Å². The Labute approximate surface area is 71.4 Å². The van der Waals surface area contributed by atoms with E-state index in [1.54, 1.807) is 0 Å². The van der Waals surface area contributed by atoms with Gasteiger partial charge in [-0.2, -0.15) is 0 Å². The average molecular weight is 154 g/mol. The van der Waals surface area contributed by atoms with Gasteiger partial charge in [-0.1, -0.05) is 41.0 Å². The van der Waals surface area contributed by atoms with E-state index in [4.69, 9.17) is 0 Å². The van der Waals surface area contributed by atoms with Gasteiger partial charge in [0.15, 0.2) is 0 Å². The molecule has 1 aliphatic carbocycles. The third-order valence-corrected chi connectivity index (χ3v) is 3.78. The van der Waals surface area contributed by atoms with Crippen molar-refractivity contribution < 1.29 is 0 Å². The summed E-state index contributed by atoms with van der Waals surface area (Å²) in [6.45, 7) is 12.0. The molecule has 0 aliphatic heterocycles. The maximum absolute atomic E-state index is 2.42. The molecule has 2 unspecified atom stereocenters. The topological polar surface area (TPSA) is 0 Å². The van der Waals surface area contributed by atoms with Crippen LogP contribution in [0.5, 0.6) is 0 Å². The SMILES string of the molecule is CCC(C)(C)C1C(C)CC1C. The summed E-state index contributed by atoms with van der Waals surface area (Å²) >= 11 is 0. The van der Waals surface area contributed by atoms with Gasteiger partial charge in [0, 0.05) is 0 Å². The highest BCUT2D eigenvalue weighted by Crippen LogP contribution is 2.51. The lowest BCUT2D eigenvalue weighted by Crippen LogP contribution is -2.43. The Morgan fingerprint density at radius 1 is 1.18 bits per heavy atom. The fourth-order valence-corrected chi connectivity index (χ4v) is 3.02. The van der Waals surface area contributed by atoms with E-state index in [0.29, 0.717) is 5.41 Å². The lowest BCUT2D eigenvalue weighted by Gasteiger charge is -2.50. The van der Waals surface area contributed by atoms with E-state index >= 15 is 0 Å². The second-order valence-electron chi connectivity index (χ2n) is 5.06. The van der Waals surface area contributed by atoms with Crippen LogP contribution in [0.15, 0.2) is 0 Å². The summed E-state index contributed by atoms with van der Waals surface area (Å²) in [5.74, 6) is 2.92. The van der Waals surface area contributed by atoms with Crippen LogP contribution in [0.3, 0.4) is 0 Å². The maximum atomic E-state index is 2.42. The summed E-state index contributed by atoms with van der Waals surface area (Å²) in [5, 5.41) is 0. The number of rotatable bonds is 2. The van der Waals surface area contributed by atoms with Crippen molar-refractivity contribution in [3.63, 3.8) is 0 Å². The van der Waals surface area contributed by atoms with Gasteiger partial charge in [-0.15, -0.1) is 0 Å². The fourth-order valence-electron chi connectivity index (χ4n) is 3.02. The van der Waals surface area contributed by atoms with E-state index in [0.717, 1.165) is 17.8 Å². The first-order valence-electron chi connectivity index (χ1n) is 4.99. The molecule has 1 aliphatic rings. The minimum atomic E-state index is 0.580. The smallest absolute Gasteiger partial charge is 0.0311 e. The van der Waals surface area contributed by atoms with Crippen LogP contribution >= 0.6 is 0 Å². The molecule has 0 N–H and O–H groups in total. The molecule has 0 amide bonds. The molecule has 1 rings (SSSR count). The van der Waals surface area contributed by atoms with Crippen molar-refractivity contribution in [3.8, 4) is 0 Å². The van der Waals surface area contributed by atoms with Gasteiger partial charge in [-0.25, -0.2) is 0 Å². The van der Waals surface area contributed by atoms with Gasteiger partial charge in [-0.05, 0) is 29.6 Å². The monoisotopic (exact) mass is 154 g/mol. The van der Waals surface area contributed by atoms with Gasteiger partial charge in [0.1, 0.15) is 0 Å². The molecule has 0 radical (unpaired) electrons. The van der Waals surface area contributed by atoms with Crippen molar-refractivity contribution in [3.05, 3.63) is 0 Å². The average Bonchev–Trinajstić information content (AvgIpc) is 1.86. The van der Waals surface area contributed by atoms with Crippen LogP contribution in [0.1, 0.15) is 47.5 Å². The maximum Gasteiger partial charge on any atom is -0.0311 e. The number of hydrogen-bond donors (Lipinski definition) is 0.